The van der Waals surface area contributed by atoms with E-state index in [1.807, 2.05) is 0 Å². The zero-order chi connectivity index (χ0) is 10.9. The SMILES string of the molecule is CC(C)=C(F)[C@@H]1CC(C)=C(F)[C@H](O)O1. The Morgan fingerprint density at radius 1 is 1.50 bits per heavy atom. The van der Waals surface area contributed by atoms with E-state index in [1.165, 1.54) is 6.92 Å². The van der Waals surface area contributed by atoms with Crippen molar-refractivity contribution in [1.82, 2.24) is 0 Å². The molecule has 80 valence electrons. The second-order valence-electron chi connectivity index (χ2n) is 3.66. The third-order valence-electron chi connectivity index (χ3n) is 2.17. The average Bonchev–Trinajstić information content (AvgIpc) is 2.12. The monoisotopic (exact) mass is 204 g/mol. The lowest BCUT2D eigenvalue weighted by Crippen LogP contribution is -2.29. The first kappa shape index (κ1) is 11.3. The first-order valence-electron chi connectivity index (χ1n) is 4.45. The number of hydrogen-bond donors (Lipinski definition) is 1. The number of aliphatic hydroxyl groups excluding tert-OH is 1. The fourth-order valence-corrected chi connectivity index (χ4v) is 1.32. The van der Waals surface area contributed by atoms with Gasteiger partial charge in [-0.3, -0.25) is 0 Å². The lowest BCUT2D eigenvalue weighted by molar-refractivity contribution is -0.126. The molecule has 0 unspecified atom stereocenters. The first-order chi connectivity index (χ1) is 6.43. The molecule has 1 aliphatic rings. The van der Waals surface area contributed by atoms with E-state index in [1.54, 1.807) is 13.8 Å². The van der Waals surface area contributed by atoms with Crippen molar-refractivity contribution in [3.8, 4) is 0 Å². The van der Waals surface area contributed by atoms with Crippen LogP contribution in [0.15, 0.2) is 22.8 Å². The van der Waals surface area contributed by atoms with Gasteiger partial charge in [0.25, 0.3) is 0 Å². The van der Waals surface area contributed by atoms with Gasteiger partial charge in [-0.15, -0.1) is 0 Å². The Hall–Kier alpha value is -0.740. The summed E-state index contributed by atoms with van der Waals surface area (Å²) in [6, 6.07) is 0. The Bertz CT molecular complexity index is 290. The molecule has 1 rings (SSSR count). The molecule has 0 spiro atoms. The van der Waals surface area contributed by atoms with Gasteiger partial charge in [-0.2, -0.15) is 0 Å². The summed E-state index contributed by atoms with van der Waals surface area (Å²) in [4.78, 5) is 0. The smallest absolute Gasteiger partial charge is 0.208 e. The second kappa shape index (κ2) is 4.19. The van der Waals surface area contributed by atoms with Crippen LogP contribution in [-0.2, 0) is 4.74 Å². The molecule has 1 heterocycles. The van der Waals surface area contributed by atoms with Gasteiger partial charge >= 0.3 is 0 Å². The lowest BCUT2D eigenvalue weighted by Gasteiger charge is -2.26. The molecule has 1 N–H and O–H groups in total. The molecule has 0 amide bonds. The molecular weight excluding hydrogens is 190 g/mol. The third-order valence-corrected chi connectivity index (χ3v) is 2.17. The summed E-state index contributed by atoms with van der Waals surface area (Å²) in [5.74, 6) is -1.14. The molecule has 0 bridgehead atoms. The van der Waals surface area contributed by atoms with Crippen molar-refractivity contribution in [2.24, 2.45) is 0 Å². The van der Waals surface area contributed by atoms with Crippen LogP contribution in [0.25, 0.3) is 0 Å². The van der Waals surface area contributed by atoms with Crippen LogP contribution in [-0.4, -0.2) is 17.5 Å². The fourth-order valence-electron chi connectivity index (χ4n) is 1.32. The first-order valence-corrected chi connectivity index (χ1v) is 4.45. The number of halogens is 2. The number of rotatable bonds is 1. The van der Waals surface area contributed by atoms with Gasteiger partial charge in [0.1, 0.15) is 11.9 Å². The van der Waals surface area contributed by atoms with Crippen molar-refractivity contribution >= 4 is 0 Å². The van der Waals surface area contributed by atoms with Crippen molar-refractivity contribution in [1.29, 1.82) is 0 Å². The van der Waals surface area contributed by atoms with E-state index in [9.17, 15) is 8.78 Å². The summed E-state index contributed by atoms with van der Waals surface area (Å²) >= 11 is 0. The van der Waals surface area contributed by atoms with Crippen molar-refractivity contribution < 1.29 is 18.6 Å². The van der Waals surface area contributed by atoms with Crippen LogP contribution in [0.4, 0.5) is 8.78 Å². The van der Waals surface area contributed by atoms with Crippen molar-refractivity contribution in [3.63, 3.8) is 0 Å². The highest BCUT2D eigenvalue weighted by Gasteiger charge is 2.29. The molecule has 0 radical (unpaired) electrons. The van der Waals surface area contributed by atoms with E-state index >= 15 is 0 Å². The van der Waals surface area contributed by atoms with E-state index in [-0.39, 0.29) is 6.42 Å². The molecule has 0 saturated heterocycles. The molecule has 0 aromatic carbocycles. The van der Waals surface area contributed by atoms with E-state index < -0.39 is 24.0 Å². The maximum Gasteiger partial charge on any atom is 0.208 e. The summed E-state index contributed by atoms with van der Waals surface area (Å²) in [5, 5.41) is 9.10. The molecule has 0 fully saturated rings. The van der Waals surface area contributed by atoms with E-state index in [0.29, 0.717) is 11.1 Å². The Labute approximate surface area is 81.9 Å². The van der Waals surface area contributed by atoms with Gasteiger partial charge in [0, 0.05) is 6.42 Å². The van der Waals surface area contributed by atoms with Crippen LogP contribution in [0.1, 0.15) is 27.2 Å². The van der Waals surface area contributed by atoms with Gasteiger partial charge in [-0.1, -0.05) is 0 Å². The number of allylic oxidation sites excluding steroid dienone is 1. The Morgan fingerprint density at radius 3 is 2.50 bits per heavy atom. The quantitative estimate of drug-likeness (QED) is 0.711. The zero-order valence-electron chi connectivity index (χ0n) is 8.47. The number of aliphatic hydroxyl groups is 1. The Morgan fingerprint density at radius 2 is 2.07 bits per heavy atom. The molecule has 2 nitrogen and oxygen atoms in total. The predicted octanol–water partition coefficient (Wildman–Crippen LogP) is 2.60. The summed E-state index contributed by atoms with van der Waals surface area (Å²) in [7, 11) is 0. The van der Waals surface area contributed by atoms with Crippen LogP contribution in [0.3, 0.4) is 0 Å². The maximum absolute atomic E-state index is 13.4. The Balaban J connectivity index is 2.86. The molecule has 0 aromatic heterocycles. The minimum Gasteiger partial charge on any atom is -0.362 e. The molecule has 1 aliphatic heterocycles. The standard InChI is InChI=1S/C10H14F2O2/c1-5(2)8(11)7-4-6(3)9(12)10(13)14-7/h7,10,13H,4H2,1-3H3/t7-,10+/m0/s1. The summed E-state index contributed by atoms with van der Waals surface area (Å²) in [6.07, 6.45) is -2.33. The minimum absolute atomic E-state index is 0.153. The molecule has 0 saturated carbocycles. The van der Waals surface area contributed by atoms with Gasteiger partial charge in [0.2, 0.25) is 6.29 Å². The lowest BCUT2D eigenvalue weighted by atomic mass is 10.0. The summed E-state index contributed by atoms with van der Waals surface area (Å²) in [6.45, 7) is 4.73. The number of ether oxygens (including phenoxy) is 1. The molecular formula is C10H14F2O2. The fraction of sp³-hybridized carbons (Fsp3) is 0.600. The number of hydrogen-bond acceptors (Lipinski definition) is 2. The molecule has 0 aromatic rings. The van der Waals surface area contributed by atoms with Gasteiger partial charge < -0.3 is 9.84 Å². The highest BCUT2D eigenvalue weighted by atomic mass is 19.1. The highest BCUT2D eigenvalue weighted by molar-refractivity contribution is 5.18. The van der Waals surface area contributed by atoms with Crippen molar-refractivity contribution in [2.75, 3.05) is 0 Å². The summed E-state index contributed by atoms with van der Waals surface area (Å²) in [5.41, 5.74) is 0.822. The van der Waals surface area contributed by atoms with E-state index in [2.05, 4.69) is 0 Å². The highest BCUT2D eigenvalue weighted by Crippen LogP contribution is 2.30. The third kappa shape index (κ3) is 2.19. The van der Waals surface area contributed by atoms with Crippen LogP contribution >= 0.6 is 0 Å². The van der Waals surface area contributed by atoms with Crippen LogP contribution in [0.5, 0.6) is 0 Å². The minimum atomic E-state index is -1.63. The van der Waals surface area contributed by atoms with Crippen LogP contribution < -0.4 is 0 Å². The van der Waals surface area contributed by atoms with Crippen LogP contribution in [0, 0.1) is 0 Å². The van der Waals surface area contributed by atoms with Gasteiger partial charge in [-0.05, 0) is 31.9 Å². The van der Waals surface area contributed by atoms with Gasteiger partial charge in [-0.25, -0.2) is 8.78 Å². The van der Waals surface area contributed by atoms with Crippen molar-refractivity contribution in [2.45, 2.75) is 39.6 Å². The molecule has 14 heavy (non-hydrogen) atoms. The average molecular weight is 204 g/mol. The summed E-state index contributed by atoms with van der Waals surface area (Å²) < 4.78 is 31.1. The normalized spacial score (nSPS) is 27.9. The molecule has 2 atom stereocenters. The largest absolute Gasteiger partial charge is 0.362 e. The van der Waals surface area contributed by atoms with Crippen LogP contribution in [0.2, 0.25) is 0 Å². The molecule has 0 aliphatic carbocycles. The second-order valence-corrected chi connectivity index (χ2v) is 3.66. The van der Waals surface area contributed by atoms with Gasteiger partial charge in [0.15, 0.2) is 5.83 Å². The maximum atomic E-state index is 13.4. The van der Waals surface area contributed by atoms with Crippen molar-refractivity contribution in [3.05, 3.63) is 22.8 Å². The van der Waals surface area contributed by atoms with Gasteiger partial charge in [0.05, 0.1) is 0 Å². The zero-order valence-corrected chi connectivity index (χ0v) is 8.47. The van der Waals surface area contributed by atoms with E-state index in [0.717, 1.165) is 0 Å². The predicted molar refractivity (Wildman–Crippen MR) is 48.8 cm³/mol. The Kier molecular flexibility index (Phi) is 3.39. The topological polar surface area (TPSA) is 29.5 Å². The molecule has 4 heteroatoms. The van der Waals surface area contributed by atoms with E-state index in [4.69, 9.17) is 9.84 Å².